The Hall–Kier alpha value is -1.90. The van der Waals surface area contributed by atoms with Gasteiger partial charge in [0.15, 0.2) is 0 Å². The summed E-state index contributed by atoms with van der Waals surface area (Å²) in [7, 11) is 0. The average Bonchev–Trinajstić information content (AvgIpc) is 2.95. The fourth-order valence-corrected chi connectivity index (χ4v) is 3.47. The number of benzene rings is 2. The third-order valence-electron chi connectivity index (χ3n) is 3.47. The van der Waals surface area contributed by atoms with Crippen molar-refractivity contribution in [2.45, 2.75) is 12.5 Å². The van der Waals surface area contributed by atoms with Crippen molar-refractivity contribution in [3.8, 4) is 0 Å². The van der Waals surface area contributed by atoms with E-state index in [1.165, 1.54) is 5.56 Å². The summed E-state index contributed by atoms with van der Waals surface area (Å²) in [6, 6.07) is 21.7. The predicted octanol–water partition coefficient (Wildman–Crippen LogP) is 4.34. The zero-order chi connectivity index (χ0) is 14.0. The first-order chi connectivity index (χ1) is 9.71. The molecule has 3 rings (SSSR count). The van der Waals surface area contributed by atoms with Crippen LogP contribution in [0, 0.1) is 6.92 Å². The number of rotatable bonds is 3. The number of thiophene rings is 1. The van der Waals surface area contributed by atoms with E-state index in [0.29, 0.717) is 0 Å². The van der Waals surface area contributed by atoms with Crippen LogP contribution in [-0.2, 0) is 5.60 Å². The molecule has 3 aromatic rings. The fourth-order valence-electron chi connectivity index (χ4n) is 2.43. The standard InChI is InChI=1S/C18H16OS/c1-14-12-17(20-13-14)18(19,15-8-4-2-5-9-15)16-10-6-3-7-11-16/h2-13,19H,1H3. The van der Waals surface area contributed by atoms with Crippen LogP contribution in [0.25, 0.3) is 0 Å². The van der Waals surface area contributed by atoms with Crippen LogP contribution >= 0.6 is 11.3 Å². The zero-order valence-corrected chi connectivity index (χ0v) is 12.1. The summed E-state index contributed by atoms with van der Waals surface area (Å²) in [6.45, 7) is 2.05. The Kier molecular flexibility index (Phi) is 3.43. The van der Waals surface area contributed by atoms with Gasteiger partial charge < -0.3 is 5.11 Å². The third-order valence-corrected chi connectivity index (χ3v) is 4.63. The quantitative estimate of drug-likeness (QED) is 0.756. The topological polar surface area (TPSA) is 20.2 Å². The summed E-state index contributed by atoms with van der Waals surface area (Å²) in [6.07, 6.45) is 0. The first-order valence-electron chi connectivity index (χ1n) is 6.60. The Morgan fingerprint density at radius 3 is 1.75 bits per heavy atom. The predicted molar refractivity (Wildman–Crippen MR) is 84.0 cm³/mol. The highest BCUT2D eigenvalue weighted by atomic mass is 32.1. The van der Waals surface area contributed by atoms with Crippen molar-refractivity contribution in [3.05, 3.63) is 93.7 Å². The molecular formula is C18H16OS. The molecule has 1 aromatic heterocycles. The van der Waals surface area contributed by atoms with Gasteiger partial charge in [0.25, 0.3) is 0 Å². The van der Waals surface area contributed by atoms with E-state index >= 15 is 0 Å². The molecule has 0 atom stereocenters. The summed E-state index contributed by atoms with van der Waals surface area (Å²) in [5, 5.41) is 13.5. The highest BCUT2D eigenvalue weighted by Crippen LogP contribution is 2.39. The first-order valence-corrected chi connectivity index (χ1v) is 7.48. The second kappa shape index (κ2) is 5.23. The van der Waals surface area contributed by atoms with Gasteiger partial charge in [-0.05, 0) is 35.1 Å². The van der Waals surface area contributed by atoms with Crippen molar-refractivity contribution < 1.29 is 5.11 Å². The third kappa shape index (κ3) is 2.17. The monoisotopic (exact) mass is 280 g/mol. The fraction of sp³-hybridized carbons (Fsp3) is 0.111. The molecule has 0 unspecified atom stereocenters. The molecule has 0 aliphatic rings. The van der Waals surface area contributed by atoms with Gasteiger partial charge in [-0.2, -0.15) is 0 Å². The molecule has 0 fully saturated rings. The van der Waals surface area contributed by atoms with Crippen LogP contribution in [0.3, 0.4) is 0 Å². The summed E-state index contributed by atoms with van der Waals surface area (Å²) < 4.78 is 0. The Morgan fingerprint density at radius 2 is 1.35 bits per heavy atom. The molecule has 0 amide bonds. The molecule has 0 bridgehead atoms. The second-order valence-corrected chi connectivity index (χ2v) is 5.84. The van der Waals surface area contributed by atoms with Crippen molar-refractivity contribution >= 4 is 11.3 Å². The van der Waals surface area contributed by atoms with Crippen molar-refractivity contribution in [2.75, 3.05) is 0 Å². The highest BCUT2D eigenvalue weighted by Gasteiger charge is 2.34. The lowest BCUT2D eigenvalue weighted by Crippen LogP contribution is -2.27. The van der Waals surface area contributed by atoms with Gasteiger partial charge in [-0.15, -0.1) is 11.3 Å². The molecule has 2 aromatic carbocycles. The molecule has 0 radical (unpaired) electrons. The van der Waals surface area contributed by atoms with E-state index in [2.05, 4.69) is 18.4 Å². The SMILES string of the molecule is Cc1csc(C(O)(c2ccccc2)c2ccccc2)c1. The van der Waals surface area contributed by atoms with Gasteiger partial charge in [0.05, 0.1) is 0 Å². The summed E-state index contributed by atoms with van der Waals surface area (Å²) in [4.78, 5) is 0.951. The lowest BCUT2D eigenvalue weighted by Gasteiger charge is -2.28. The van der Waals surface area contributed by atoms with Gasteiger partial charge in [0.2, 0.25) is 0 Å². The molecule has 0 aliphatic heterocycles. The minimum atomic E-state index is -1.08. The lowest BCUT2D eigenvalue weighted by molar-refractivity contribution is 0.129. The van der Waals surface area contributed by atoms with Gasteiger partial charge in [-0.3, -0.25) is 0 Å². The minimum Gasteiger partial charge on any atom is -0.375 e. The number of hydrogen-bond acceptors (Lipinski definition) is 2. The Bertz CT molecular complexity index is 646. The van der Waals surface area contributed by atoms with E-state index in [1.807, 2.05) is 60.7 Å². The summed E-state index contributed by atoms with van der Waals surface area (Å²) in [5.74, 6) is 0. The number of hydrogen-bond donors (Lipinski definition) is 1. The molecule has 100 valence electrons. The number of aliphatic hydroxyl groups is 1. The van der Waals surface area contributed by atoms with Gasteiger partial charge in [0, 0.05) is 4.88 Å². The molecular weight excluding hydrogens is 264 g/mol. The van der Waals surface area contributed by atoms with E-state index < -0.39 is 5.60 Å². The molecule has 0 aliphatic carbocycles. The molecule has 1 N–H and O–H groups in total. The average molecular weight is 280 g/mol. The molecule has 2 heteroatoms. The van der Waals surface area contributed by atoms with Gasteiger partial charge in [-0.25, -0.2) is 0 Å². The van der Waals surface area contributed by atoms with Crippen LogP contribution in [0.4, 0.5) is 0 Å². The largest absolute Gasteiger partial charge is 0.375 e. The van der Waals surface area contributed by atoms with Crippen LogP contribution in [0.1, 0.15) is 21.6 Å². The van der Waals surface area contributed by atoms with Crippen molar-refractivity contribution in [1.29, 1.82) is 0 Å². The minimum absolute atomic E-state index is 0.896. The van der Waals surface area contributed by atoms with Gasteiger partial charge in [-0.1, -0.05) is 60.7 Å². The summed E-state index contributed by atoms with van der Waals surface area (Å²) in [5.41, 5.74) is 1.89. The maximum Gasteiger partial charge on any atom is 0.149 e. The van der Waals surface area contributed by atoms with Gasteiger partial charge >= 0.3 is 0 Å². The number of aryl methyl sites for hydroxylation is 1. The molecule has 0 saturated carbocycles. The molecule has 0 spiro atoms. The van der Waals surface area contributed by atoms with Crippen LogP contribution in [-0.4, -0.2) is 5.11 Å². The van der Waals surface area contributed by atoms with E-state index in [-0.39, 0.29) is 0 Å². The lowest BCUT2D eigenvalue weighted by atomic mass is 9.85. The smallest absolute Gasteiger partial charge is 0.149 e. The summed E-state index contributed by atoms with van der Waals surface area (Å²) >= 11 is 1.60. The zero-order valence-electron chi connectivity index (χ0n) is 11.3. The van der Waals surface area contributed by atoms with Crippen LogP contribution < -0.4 is 0 Å². The normalized spacial score (nSPS) is 11.5. The Labute approximate surface area is 123 Å². The van der Waals surface area contributed by atoms with E-state index in [1.54, 1.807) is 11.3 Å². The van der Waals surface area contributed by atoms with Crippen LogP contribution in [0.2, 0.25) is 0 Å². The molecule has 0 saturated heterocycles. The van der Waals surface area contributed by atoms with E-state index in [4.69, 9.17) is 0 Å². The highest BCUT2D eigenvalue weighted by molar-refractivity contribution is 7.10. The molecule has 1 heterocycles. The molecule has 20 heavy (non-hydrogen) atoms. The first kappa shape index (κ1) is 13.1. The van der Waals surface area contributed by atoms with Crippen LogP contribution in [0.5, 0.6) is 0 Å². The second-order valence-electron chi connectivity index (χ2n) is 4.93. The Balaban J connectivity index is 2.23. The maximum atomic E-state index is 11.4. The van der Waals surface area contributed by atoms with E-state index in [0.717, 1.165) is 16.0 Å². The van der Waals surface area contributed by atoms with Crippen molar-refractivity contribution in [2.24, 2.45) is 0 Å². The van der Waals surface area contributed by atoms with Crippen molar-refractivity contribution in [1.82, 2.24) is 0 Å². The van der Waals surface area contributed by atoms with Gasteiger partial charge in [0.1, 0.15) is 5.60 Å². The Morgan fingerprint density at radius 1 is 0.850 bits per heavy atom. The van der Waals surface area contributed by atoms with E-state index in [9.17, 15) is 5.11 Å². The molecule has 1 nitrogen and oxygen atoms in total. The van der Waals surface area contributed by atoms with Crippen molar-refractivity contribution in [3.63, 3.8) is 0 Å². The maximum absolute atomic E-state index is 11.4. The van der Waals surface area contributed by atoms with Crippen LogP contribution in [0.15, 0.2) is 72.1 Å².